The van der Waals surface area contributed by atoms with Gasteiger partial charge in [-0.15, -0.1) is 0 Å². The molecule has 4 N–H and O–H groups in total. The molecule has 0 unspecified atom stereocenters. The molecule has 1 aromatic carbocycles. The number of ether oxygens (including phenoxy) is 1. The molecule has 2 aromatic rings. The van der Waals surface area contributed by atoms with E-state index in [4.69, 9.17) is 10.00 Å². The van der Waals surface area contributed by atoms with Crippen molar-refractivity contribution in [2.24, 2.45) is 13.0 Å². The summed E-state index contributed by atoms with van der Waals surface area (Å²) in [6.07, 6.45) is 1.33. The Balaban J connectivity index is 1.70. The van der Waals surface area contributed by atoms with Gasteiger partial charge < -0.3 is 19.9 Å². The molecule has 0 saturated carbocycles. The minimum Gasteiger partial charge on any atom is -0.489 e. The maximum absolute atomic E-state index is 13.5. The van der Waals surface area contributed by atoms with Gasteiger partial charge in [0.05, 0.1) is 37.2 Å². The largest absolute Gasteiger partial charge is 0.489 e. The number of nitrogens with two attached hydrogens (primary N) is 1. The molecule has 2 aliphatic heterocycles. The van der Waals surface area contributed by atoms with Crippen LogP contribution in [0, 0.1) is 23.1 Å². The molecule has 2 aliphatic rings. The van der Waals surface area contributed by atoms with E-state index in [-0.39, 0.29) is 46.2 Å². The van der Waals surface area contributed by atoms with Crippen LogP contribution in [0.1, 0.15) is 16.1 Å². The number of hydrogen-bond donors (Lipinski definition) is 3. The van der Waals surface area contributed by atoms with Crippen LogP contribution in [0.5, 0.6) is 5.75 Å². The fourth-order valence-electron chi connectivity index (χ4n) is 3.68. The van der Waals surface area contributed by atoms with Crippen molar-refractivity contribution >= 4 is 21.6 Å². The molecule has 11 heteroatoms. The summed E-state index contributed by atoms with van der Waals surface area (Å²) in [4.78, 5) is 12.8. The number of anilines is 1. The van der Waals surface area contributed by atoms with E-state index in [2.05, 4.69) is 10.0 Å². The zero-order valence-electron chi connectivity index (χ0n) is 15.5. The van der Waals surface area contributed by atoms with Crippen molar-refractivity contribution in [2.45, 2.75) is 10.9 Å². The number of sulfonamides is 1. The fourth-order valence-corrected chi connectivity index (χ4v) is 5.19. The first-order valence-corrected chi connectivity index (χ1v) is 10.5. The first-order valence-electron chi connectivity index (χ1n) is 8.97. The Hall–Kier alpha value is -2.94. The summed E-state index contributed by atoms with van der Waals surface area (Å²) >= 11 is 0. The van der Waals surface area contributed by atoms with Gasteiger partial charge in [-0.1, -0.05) is 0 Å². The second kappa shape index (κ2) is 7.14. The van der Waals surface area contributed by atoms with E-state index < -0.39 is 21.7 Å². The van der Waals surface area contributed by atoms with Crippen LogP contribution in [0.4, 0.5) is 10.1 Å². The van der Waals surface area contributed by atoms with E-state index >= 15 is 0 Å². The van der Waals surface area contributed by atoms with Crippen LogP contribution in [-0.4, -0.2) is 44.6 Å². The molecular formula is C18H19FN5O4S+. The molecule has 0 aliphatic carbocycles. The lowest BCUT2D eigenvalue weighted by Gasteiger charge is -2.22. The number of carbonyl (C=O) groups excluding carboxylic acids is 1. The fraction of sp³-hybridized carbons (Fsp3) is 0.333. The van der Waals surface area contributed by atoms with Gasteiger partial charge in [-0.2, -0.15) is 5.26 Å². The number of nitriles is 1. The average Bonchev–Trinajstić information content (AvgIpc) is 3.23. The molecule has 9 nitrogen and oxygen atoms in total. The van der Waals surface area contributed by atoms with Crippen molar-refractivity contribution in [3.8, 4) is 11.8 Å². The summed E-state index contributed by atoms with van der Waals surface area (Å²) in [7, 11) is -2.33. The molecule has 1 fully saturated rings. The molecule has 29 heavy (non-hydrogen) atoms. The van der Waals surface area contributed by atoms with E-state index in [0.717, 1.165) is 12.6 Å². The Morgan fingerprint density at radius 1 is 1.45 bits per heavy atom. The van der Waals surface area contributed by atoms with Crippen molar-refractivity contribution in [1.29, 1.82) is 5.26 Å². The van der Waals surface area contributed by atoms with Crippen LogP contribution in [0.25, 0.3) is 0 Å². The Morgan fingerprint density at radius 3 is 3.00 bits per heavy atom. The summed E-state index contributed by atoms with van der Waals surface area (Å²) in [5.41, 5.74) is 0.0189. The maximum Gasteiger partial charge on any atom is 0.276 e. The predicted molar refractivity (Wildman–Crippen MR) is 99.2 cm³/mol. The number of nitrogens with zero attached hydrogens (tertiary/aromatic N) is 2. The number of hydrogen-bond acceptors (Lipinski definition) is 5. The quantitative estimate of drug-likeness (QED) is 0.604. The molecule has 4 rings (SSSR count). The van der Waals surface area contributed by atoms with Crippen LogP contribution in [-0.2, 0) is 17.1 Å². The van der Waals surface area contributed by atoms with Gasteiger partial charge >= 0.3 is 0 Å². The molecule has 3 heterocycles. The van der Waals surface area contributed by atoms with Crippen molar-refractivity contribution in [2.75, 3.05) is 25.0 Å². The highest BCUT2D eigenvalue weighted by Gasteiger charge is 2.40. The Morgan fingerprint density at radius 2 is 2.24 bits per heavy atom. The van der Waals surface area contributed by atoms with Crippen molar-refractivity contribution in [3.63, 3.8) is 0 Å². The molecule has 0 radical (unpaired) electrons. The lowest BCUT2D eigenvalue weighted by Crippen LogP contribution is -2.82. The Bertz CT molecular complexity index is 1140. The third-order valence-corrected chi connectivity index (χ3v) is 6.64. The lowest BCUT2D eigenvalue weighted by molar-refractivity contribution is -0.638. The molecule has 0 bridgehead atoms. The van der Waals surface area contributed by atoms with Gasteiger partial charge in [-0.05, 0) is 18.2 Å². The number of quaternary nitrogens is 1. The highest BCUT2D eigenvalue weighted by atomic mass is 32.2. The minimum atomic E-state index is -3.87. The van der Waals surface area contributed by atoms with Crippen molar-refractivity contribution < 1.29 is 27.7 Å². The van der Waals surface area contributed by atoms with Gasteiger partial charge in [0.25, 0.3) is 5.91 Å². The summed E-state index contributed by atoms with van der Waals surface area (Å²) < 4.78 is 49.1. The van der Waals surface area contributed by atoms with Crippen molar-refractivity contribution in [1.82, 2.24) is 9.29 Å². The second-order valence-electron chi connectivity index (χ2n) is 7.10. The molecule has 1 saturated heterocycles. The minimum absolute atomic E-state index is 0.00988. The third kappa shape index (κ3) is 3.46. The van der Waals surface area contributed by atoms with Gasteiger partial charge in [-0.25, -0.2) is 17.5 Å². The van der Waals surface area contributed by atoms with Crippen LogP contribution >= 0.6 is 0 Å². The zero-order valence-corrected chi connectivity index (χ0v) is 16.3. The smallest absolute Gasteiger partial charge is 0.276 e. The Kier molecular flexibility index (Phi) is 4.77. The molecule has 1 aromatic heterocycles. The maximum atomic E-state index is 13.5. The number of aryl methyl sites for hydroxylation is 1. The highest BCUT2D eigenvalue weighted by molar-refractivity contribution is 7.89. The van der Waals surface area contributed by atoms with E-state index in [9.17, 15) is 17.6 Å². The standard InChI is InChI=1S/C18H18FN5O4S/c1-24-8-15-17(28-9-11-6-21-7-14(11)23-29(15,26)27)16(24)18(25)22-12-2-3-13(19)10(4-12)5-20/h2-4,8,11,14,21,23H,6-7,9H2,1H3,(H,22,25)/p+1/t11-,14-/m0/s1. The zero-order chi connectivity index (χ0) is 20.8. The number of halogens is 1. The lowest BCUT2D eigenvalue weighted by atomic mass is 10.1. The summed E-state index contributed by atoms with van der Waals surface area (Å²) in [5.74, 6) is -1.36. The monoisotopic (exact) mass is 420 g/mol. The number of aromatic nitrogens is 1. The van der Waals surface area contributed by atoms with E-state index in [1.54, 1.807) is 13.1 Å². The summed E-state index contributed by atoms with van der Waals surface area (Å²) in [6, 6.07) is 5.08. The van der Waals surface area contributed by atoms with Gasteiger partial charge in [0, 0.05) is 18.9 Å². The predicted octanol–water partition coefficient (Wildman–Crippen LogP) is -0.479. The normalized spacial score (nSPS) is 22.4. The van der Waals surface area contributed by atoms with Crippen molar-refractivity contribution in [3.05, 3.63) is 41.5 Å². The topological polar surface area (TPSA) is 130 Å². The SMILES string of the molecule is Cn1cc2c(c1C(=O)Nc1ccc(F)c(C#N)c1)OC[C@@H]1C[NH2+]C[C@@H]1NS2(=O)=O. The van der Waals surface area contributed by atoms with Crippen LogP contribution in [0.2, 0.25) is 0 Å². The number of carbonyl (C=O) groups is 1. The van der Waals surface area contributed by atoms with E-state index in [1.807, 2.05) is 5.32 Å². The van der Waals surface area contributed by atoms with Gasteiger partial charge in [0.15, 0.2) is 11.4 Å². The van der Waals surface area contributed by atoms with Crippen LogP contribution in [0.3, 0.4) is 0 Å². The molecule has 152 valence electrons. The molecule has 2 atom stereocenters. The van der Waals surface area contributed by atoms with Gasteiger partial charge in [0.1, 0.15) is 16.8 Å². The first-order chi connectivity index (χ1) is 13.8. The molecule has 1 amide bonds. The summed E-state index contributed by atoms with van der Waals surface area (Å²) in [6.45, 7) is 1.63. The highest BCUT2D eigenvalue weighted by Crippen LogP contribution is 2.33. The number of rotatable bonds is 2. The number of nitrogens with one attached hydrogen (secondary N) is 2. The van der Waals surface area contributed by atoms with E-state index in [0.29, 0.717) is 6.54 Å². The number of benzene rings is 1. The van der Waals surface area contributed by atoms with Gasteiger partial charge in [0.2, 0.25) is 10.0 Å². The first kappa shape index (κ1) is 19.4. The van der Waals surface area contributed by atoms with Crippen LogP contribution < -0.4 is 20.1 Å². The third-order valence-electron chi connectivity index (χ3n) is 5.16. The van der Waals surface area contributed by atoms with Crippen LogP contribution in [0.15, 0.2) is 29.3 Å². The molecule has 0 spiro atoms. The van der Waals surface area contributed by atoms with Gasteiger partial charge in [-0.3, -0.25) is 4.79 Å². The summed E-state index contributed by atoms with van der Waals surface area (Å²) in [5, 5.41) is 13.5. The number of amides is 1. The number of fused-ring (bicyclic) bond motifs is 2. The van der Waals surface area contributed by atoms with E-state index in [1.165, 1.54) is 22.9 Å². The second-order valence-corrected chi connectivity index (χ2v) is 8.78. The Labute approximate surface area is 166 Å². The average molecular weight is 420 g/mol. The molecular weight excluding hydrogens is 401 g/mol.